The van der Waals surface area contributed by atoms with Gasteiger partial charge in [-0.05, 0) is 57.4 Å². The van der Waals surface area contributed by atoms with Gasteiger partial charge in [0.05, 0.1) is 6.61 Å². The molecule has 188 valence electrons. The highest BCUT2D eigenvalue weighted by molar-refractivity contribution is 6.76. The monoisotopic (exact) mass is 497 g/mol. The van der Waals surface area contributed by atoms with Crippen LogP contribution in [-0.2, 0) is 26.9 Å². The van der Waals surface area contributed by atoms with Crippen LogP contribution >= 0.6 is 0 Å². The van der Waals surface area contributed by atoms with Gasteiger partial charge in [0.15, 0.2) is 0 Å². The quantitative estimate of drug-likeness (QED) is 0.250. The normalized spacial score (nSPS) is 13.5. The van der Waals surface area contributed by atoms with Gasteiger partial charge in [0.25, 0.3) is 0 Å². The lowest BCUT2D eigenvalue weighted by Gasteiger charge is -2.29. The minimum atomic E-state index is -5.17. The molecule has 5 nitrogen and oxygen atoms in total. The molecule has 0 aliphatic carbocycles. The predicted molar refractivity (Wildman–Crippen MR) is 117 cm³/mol. The third kappa shape index (κ3) is 9.69. The summed E-state index contributed by atoms with van der Waals surface area (Å²) in [6.07, 6.45) is -6.26. The van der Waals surface area contributed by atoms with E-state index in [-0.39, 0.29) is 25.0 Å². The Hall–Kier alpha value is -2.17. The third-order valence-electron chi connectivity index (χ3n) is 4.60. The molecule has 0 fully saturated rings. The van der Waals surface area contributed by atoms with Crippen LogP contribution < -0.4 is 0 Å². The summed E-state index contributed by atoms with van der Waals surface area (Å²) in [7, 11) is -0.134. The summed E-state index contributed by atoms with van der Waals surface area (Å²) in [5, 5.41) is 0. The van der Waals surface area contributed by atoms with Crippen molar-refractivity contribution < 1.29 is 41.0 Å². The number of amides is 1. The lowest BCUT2D eigenvalue weighted by molar-refractivity contribution is -0.160. The van der Waals surface area contributed by atoms with Gasteiger partial charge in [-0.3, -0.25) is 4.90 Å². The number of benzene rings is 1. The van der Waals surface area contributed by atoms with Gasteiger partial charge < -0.3 is 9.47 Å². The number of likely N-dealkylation sites (N-methyl/N-ethyl adjacent to an activating group) is 1. The molecule has 0 radical (unpaired) electrons. The van der Waals surface area contributed by atoms with Crippen molar-refractivity contribution in [1.29, 1.82) is 0 Å². The Bertz CT molecular complexity index is 824. The van der Waals surface area contributed by atoms with Crippen LogP contribution in [0.4, 0.5) is 26.7 Å². The Balaban J connectivity index is 3.04. The molecule has 11 heteroatoms. The first-order valence-corrected chi connectivity index (χ1v) is 14.2. The second-order valence-corrected chi connectivity index (χ2v) is 15.7. The summed E-state index contributed by atoms with van der Waals surface area (Å²) in [5.74, 6) is -4.25. The van der Waals surface area contributed by atoms with E-state index >= 15 is 0 Å². The van der Waals surface area contributed by atoms with E-state index in [2.05, 4.69) is 19.6 Å². The van der Waals surface area contributed by atoms with Crippen molar-refractivity contribution in [2.45, 2.75) is 77.1 Å². The zero-order valence-electron chi connectivity index (χ0n) is 20.0. The van der Waals surface area contributed by atoms with Gasteiger partial charge in [-0.1, -0.05) is 19.6 Å². The van der Waals surface area contributed by atoms with Gasteiger partial charge in [-0.25, -0.2) is 18.4 Å². The molecular weight excluding hydrogens is 465 g/mol. The van der Waals surface area contributed by atoms with Gasteiger partial charge in [0, 0.05) is 15.1 Å². The first kappa shape index (κ1) is 28.9. The largest absolute Gasteiger partial charge is 0.458 e. The number of aryl methyl sites for hydroxylation is 1. The average molecular weight is 498 g/mol. The molecule has 0 spiro atoms. The molecule has 1 unspecified atom stereocenters. The zero-order valence-corrected chi connectivity index (χ0v) is 21.0. The van der Waals surface area contributed by atoms with Crippen molar-refractivity contribution in [1.82, 2.24) is 4.90 Å². The van der Waals surface area contributed by atoms with Crippen LogP contribution in [0.1, 0.15) is 38.3 Å². The van der Waals surface area contributed by atoms with E-state index in [1.807, 2.05) is 0 Å². The third-order valence-corrected chi connectivity index (χ3v) is 6.31. The highest BCUT2D eigenvalue weighted by Crippen LogP contribution is 2.34. The Labute approximate surface area is 192 Å². The second kappa shape index (κ2) is 10.8. The summed E-state index contributed by atoms with van der Waals surface area (Å²) in [6.45, 7) is 11.4. The fraction of sp³-hybridized carbons (Fsp3) is 0.636. The van der Waals surface area contributed by atoms with Gasteiger partial charge in [0.1, 0.15) is 28.8 Å². The molecule has 1 aromatic carbocycles. The maximum Gasteiger partial charge on any atom is 0.422 e. The van der Waals surface area contributed by atoms with E-state index in [9.17, 15) is 31.5 Å². The number of carbonyl (C=O) groups excluding carboxylic acids is 2. The predicted octanol–water partition coefficient (Wildman–Crippen LogP) is 6.03. The Morgan fingerprint density at radius 3 is 2.00 bits per heavy atom. The maximum atomic E-state index is 13.9. The van der Waals surface area contributed by atoms with E-state index in [0.717, 1.165) is 4.90 Å². The molecule has 0 heterocycles. The van der Waals surface area contributed by atoms with Crippen molar-refractivity contribution >= 4 is 20.1 Å². The highest BCUT2D eigenvalue weighted by atomic mass is 28.3. The minimum Gasteiger partial charge on any atom is -0.458 e. The first-order valence-electron chi connectivity index (χ1n) is 10.5. The summed E-state index contributed by atoms with van der Waals surface area (Å²) >= 11 is 0. The van der Waals surface area contributed by atoms with Crippen molar-refractivity contribution in [2.75, 3.05) is 13.7 Å². The molecule has 0 saturated carbocycles. The molecule has 0 aliphatic rings. The first-order chi connectivity index (χ1) is 14.8. The number of carbonyl (C=O) groups is 2. The van der Waals surface area contributed by atoms with E-state index in [0.29, 0.717) is 18.2 Å². The average Bonchev–Trinajstić information content (AvgIpc) is 2.56. The fourth-order valence-electron chi connectivity index (χ4n) is 2.86. The molecule has 1 atom stereocenters. The number of alkyl halides is 3. The van der Waals surface area contributed by atoms with Crippen molar-refractivity contribution in [3.8, 4) is 0 Å². The molecule has 0 N–H and O–H groups in total. The molecule has 0 aliphatic heterocycles. The summed E-state index contributed by atoms with van der Waals surface area (Å²) < 4.78 is 76.8. The van der Waals surface area contributed by atoms with E-state index < -0.39 is 55.2 Å². The summed E-state index contributed by atoms with van der Waals surface area (Å²) in [5.41, 5.74) is -2.94. The van der Waals surface area contributed by atoms with Crippen molar-refractivity contribution in [3.05, 3.63) is 34.9 Å². The van der Waals surface area contributed by atoms with Crippen LogP contribution in [-0.4, -0.2) is 50.3 Å². The summed E-state index contributed by atoms with van der Waals surface area (Å²) in [4.78, 5) is 26.2. The second-order valence-electron chi connectivity index (χ2n) is 10.1. The van der Waals surface area contributed by atoms with Crippen molar-refractivity contribution in [2.24, 2.45) is 0 Å². The SMILES string of the molecule is CN(C(=O)OCC[Si](C)(C)C)C(CCc1cc(F)c(C(F)(F)F)c(F)c1)C(=O)OC(C)(C)C. The zero-order chi connectivity index (χ0) is 25.8. The van der Waals surface area contributed by atoms with Gasteiger partial charge in [-0.15, -0.1) is 0 Å². The van der Waals surface area contributed by atoms with Gasteiger partial charge in [-0.2, -0.15) is 13.2 Å². The molecule has 1 amide bonds. The standard InChI is InChI=1S/C22H32F5NO4Si/c1-21(2,3)32-19(29)17(28(4)20(30)31-10-11-33(5,6)7)9-8-14-12-15(23)18(16(24)13-14)22(25,26)27/h12-13,17H,8-11H2,1-7H3. The highest BCUT2D eigenvalue weighted by Gasteiger charge is 2.38. The van der Waals surface area contributed by atoms with E-state index in [1.54, 1.807) is 20.8 Å². The number of halogens is 5. The van der Waals surface area contributed by atoms with Crippen LogP contribution in [0.25, 0.3) is 0 Å². The van der Waals surface area contributed by atoms with Crippen LogP contribution in [0.5, 0.6) is 0 Å². The topological polar surface area (TPSA) is 55.8 Å². The number of hydrogen-bond acceptors (Lipinski definition) is 4. The number of hydrogen-bond donors (Lipinski definition) is 0. The van der Waals surface area contributed by atoms with Crippen molar-refractivity contribution in [3.63, 3.8) is 0 Å². The molecule has 33 heavy (non-hydrogen) atoms. The van der Waals surface area contributed by atoms with Crippen LogP contribution in [0, 0.1) is 11.6 Å². The maximum absolute atomic E-state index is 13.9. The van der Waals surface area contributed by atoms with Crippen LogP contribution in [0.3, 0.4) is 0 Å². The Kier molecular flexibility index (Phi) is 9.48. The van der Waals surface area contributed by atoms with Gasteiger partial charge >= 0.3 is 18.2 Å². The molecule has 0 aromatic heterocycles. The Morgan fingerprint density at radius 2 is 1.58 bits per heavy atom. The number of ether oxygens (including phenoxy) is 2. The molecule has 0 saturated heterocycles. The number of esters is 1. The van der Waals surface area contributed by atoms with Crippen LogP contribution in [0.15, 0.2) is 12.1 Å². The minimum absolute atomic E-state index is 0.0907. The molecule has 1 aromatic rings. The summed E-state index contributed by atoms with van der Waals surface area (Å²) in [6, 6.07) is 0.694. The fourth-order valence-corrected chi connectivity index (χ4v) is 3.57. The molecule has 0 bridgehead atoms. The van der Waals surface area contributed by atoms with E-state index in [4.69, 9.17) is 9.47 Å². The van der Waals surface area contributed by atoms with Gasteiger partial charge in [0.2, 0.25) is 0 Å². The van der Waals surface area contributed by atoms with Crippen LogP contribution in [0.2, 0.25) is 25.7 Å². The smallest absolute Gasteiger partial charge is 0.422 e. The number of rotatable bonds is 8. The molecule has 1 rings (SSSR count). The lowest BCUT2D eigenvalue weighted by atomic mass is 10.0. The number of nitrogens with zero attached hydrogens (tertiary/aromatic N) is 1. The lowest BCUT2D eigenvalue weighted by Crippen LogP contribution is -2.46. The molecular formula is C22H32F5NO4Si. The van der Waals surface area contributed by atoms with E-state index in [1.165, 1.54) is 7.05 Å². The Morgan fingerprint density at radius 1 is 1.06 bits per heavy atom.